The van der Waals surface area contributed by atoms with Crippen LogP contribution in [0, 0.1) is 6.92 Å². The monoisotopic (exact) mass is 231 g/mol. The molecule has 2 aliphatic heterocycles. The van der Waals surface area contributed by atoms with Gasteiger partial charge in [-0.1, -0.05) is 0 Å². The second kappa shape index (κ2) is 4.22. The topological polar surface area (TPSA) is 32.5 Å². The van der Waals surface area contributed by atoms with E-state index in [4.69, 9.17) is 5.73 Å². The molecule has 0 saturated carbocycles. The summed E-state index contributed by atoms with van der Waals surface area (Å²) in [5, 5.41) is 0. The highest BCUT2D eigenvalue weighted by Crippen LogP contribution is 2.28. The second-order valence-electron chi connectivity index (χ2n) is 5.32. The van der Waals surface area contributed by atoms with E-state index >= 15 is 0 Å². The summed E-state index contributed by atoms with van der Waals surface area (Å²) >= 11 is 0. The van der Waals surface area contributed by atoms with E-state index in [9.17, 15) is 0 Å². The van der Waals surface area contributed by atoms with E-state index in [0.717, 1.165) is 18.3 Å². The molecule has 0 bridgehead atoms. The van der Waals surface area contributed by atoms with Crippen molar-refractivity contribution in [1.82, 2.24) is 4.90 Å². The number of rotatable bonds is 1. The molecule has 0 amide bonds. The van der Waals surface area contributed by atoms with Crippen molar-refractivity contribution in [2.45, 2.75) is 25.8 Å². The van der Waals surface area contributed by atoms with Crippen LogP contribution in [0.25, 0.3) is 0 Å². The van der Waals surface area contributed by atoms with Gasteiger partial charge in [-0.05, 0) is 50.1 Å². The number of piperazine rings is 1. The van der Waals surface area contributed by atoms with Gasteiger partial charge in [-0.25, -0.2) is 0 Å². The number of fused-ring (bicyclic) bond motifs is 1. The van der Waals surface area contributed by atoms with Gasteiger partial charge < -0.3 is 10.6 Å². The highest BCUT2D eigenvalue weighted by Gasteiger charge is 2.30. The zero-order chi connectivity index (χ0) is 11.8. The fraction of sp³-hybridized carbons (Fsp3) is 0.571. The smallest absolute Gasteiger partial charge is 0.0398 e. The van der Waals surface area contributed by atoms with Gasteiger partial charge in [-0.15, -0.1) is 0 Å². The molecule has 2 heterocycles. The van der Waals surface area contributed by atoms with E-state index in [0.29, 0.717) is 0 Å². The minimum absolute atomic E-state index is 0.778. The van der Waals surface area contributed by atoms with Crippen LogP contribution in [0.3, 0.4) is 0 Å². The molecule has 92 valence electrons. The summed E-state index contributed by atoms with van der Waals surface area (Å²) in [6, 6.07) is 7.05. The normalized spacial score (nSPS) is 25.0. The number of nitrogen functional groups attached to an aromatic ring is 1. The van der Waals surface area contributed by atoms with Crippen LogP contribution in [-0.2, 0) is 0 Å². The number of anilines is 2. The third kappa shape index (κ3) is 2.00. The van der Waals surface area contributed by atoms with Crippen LogP contribution >= 0.6 is 0 Å². The van der Waals surface area contributed by atoms with E-state index in [1.807, 2.05) is 6.07 Å². The van der Waals surface area contributed by atoms with Crippen LogP contribution in [0.15, 0.2) is 18.2 Å². The first kappa shape index (κ1) is 10.9. The molecule has 3 heteroatoms. The number of aryl methyl sites for hydroxylation is 1. The summed E-state index contributed by atoms with van der Waals surface area (Å²) in [7, 11) is 0. The average molecular weight is 231 g/mol. The van der Waals surface area contributed by atoms with Gasteiger partial charge in [0.25, 0.3) is 0 Å². The second-order valence-corrected chi connectivity index (χ2v) is 5.32. The molecular formula is C14H21N3. The predicted octanol–water partition coefficient (Wildman–Crippen LogP) is 1.86. The molecule has 3 nitrogen and oxygen atoms in total. The van der Waals surface area contributed by atoms with Gasteiger partial charge >= 0.3 is 0 Å². The third-order valence-electron chi connectivity index (χ3n) is 4.15. The summed E-state index contributed by atoms with van der Waals surface area (Å²) in [6.45, 7) is 7.02. The van der Waals surface area contributed by atoms with Crippen molar-refractivity contribution in [2.75, 3.05) is 36.8 Å². The maximum atomic E-state index is 5.82. The van der Waals surface area contributed by atoms with Crippen molar-refractivity contribution in [1.29, 1.82) is 0 Å². The van der Waals surface area contributed by atoms with E-state index < -0.39 is 0 Å². The molecule has 0 spiro atoms. The van der Waals surface area contributed by atoms with Crippen LogP contribution in [0.4, 0.5) is 11.4 Å². The van der Waals surface area contributed by atoms with Gasteiger partial charge in [0.15, 0.2) is 0 Å². The lowest BCUT2D eigenvalue weighted by molar-refractivity contribution is 0.231. The van der Waals surface area contributed by atoms with Crippen LogP contribution in [0.1, 0.15) is 18.4 Å². The number of hydrogen-bond donors (Lipinski definition) is 1. The van der Waals surface area contributed by atoms with Crippen LogP contribution < -0.4 is 10.6 Å². The lowest BCUT2D eigenvalue weighted by Gasteiger charge is -2.39. The lowest BCUT2D eigenvalue weighted by Crippen LogP contribution is -2.50. The average Bonchev–Trinajstić information content (AvgIpc) is 2.75. The molecule has 1 aromatic carbocycles. The van der Waals surface area contributed by atoms with Crippen molar-refractivity contribution < 1.29 is 0 Å². The zero-order valence-electron chi connectivity index (χ0n) is 10.5. The first-order chi connectivity index (χ1) is 8.24. The molecule has 0 radical (unpaired) electrons. The summed E-state index contributed by atoms with van der Waals surface area (Å²) in [4.78, 5) is 5.17. The summed E-state index contributed by atoms with van der Waals surface area (Å²) < 4.78 is 0. The lowest BCUT2D eigenvalue weighted by atomic mass is 10.1. The quantitative estimate of drug-likeness (QED) is 0.749. The minimum atomic E-state index is 0.778. The Bertz CT molecular complexity index is 416. The Balaban J connectivity index is 1.80. The Hall–Kier alpha value is -1.22. The molecule has 1 atom stereocenters. The first-order valence-corrected chi connectivity index (χ1v) is 6.59. The summed E-state index contributed by atoms with van der Waals surface area (Å²) in [6.07, 6.45) is 2.74. The Morgan fingerprint density at radius 3 is 2.94 bits per heavy atom. The molecule has 0 aliphatic carbocycles. The highest BCUT2D eigenvalue weighted by molar-refractivity contribution is 5.59. The Kier molecular flexibility index (Phi) is 2.71. The Morgan fingerprint density at radius 1 is 1.24 bits per heavy atom. The molecule has 0 aromatic heterocycles. The van der Waals surface area contributed by atoms with Crippen molar-refractivity contribution in [3.8, 4) is 0 Å². The van der Waals surface area contributed by atoms with Gasteiger partial charge in [0.1, 0.15) is 0 Å². The van der Waals surface area contributed by atoms with Gasteiger partial charge in [-0.3, -0.25) is 4.90 Å². The minimum Gasteiger partial charge on any atom is -0.399 e. The molecule has 3 rings (SSSR count). The predicted molar refractivity (Wildman–Crippen MR) is 72.4 cm³/mol. The van der Waals surface area contributed by atoms with Crippen LogP contribution in [0.2, 0.25) is 0 Å². The van der Waals surface area contributed by atoms with Crippen molar-refractivity contribution in [3.63, 3.8) is 0 Å². The van der Waals surface area contributed by atoms with Crippen molar-refractivity contribution in [2.24, 2.45) is 0 Å². The molecule has 1 aromatic rings. The van der Waals surface area contributed by atoms with Gasteiger partial charge in [0.05, 0.1) is 0 Å². The van der Waals surface area contributed by atoms with E-state index in [2.05, 4.69) is 28.9 Å². The third-order valence-corrected chi connectivity index (χ3v) is 4.15. The summed E-state index contributed by atoms with van der Waals surface area (Å²) in [5.41, 5.74) is 9.35. The number of benzene rings is 1. The molecule has 2 aliphatic rings. The zero-order valence-corrected chi connectivity index (χ0v) is 10.5. The molecule has 2 N–H and O–H groups in total. The number of hydrogen-bond acceptors (Lipinski definition) is 3. The van der Waals surface area contributed by atoms with Crippen LogP contribution in [0.5, 0.6) is 0 Å². The van der Waals surface area contributed by atoms with Gasteiger partial charge in [-0.2, -0.15) is 0 Å². The SMILES string of the molecule is Cc1cc(N)ccc1N1CCN2CCCC2C1. The van der Waals surface area contributed by atoms with Crippen molar-refractivity contribution >= 4 is 11.4 Å². The van der Waals surface area contributed by atoms with Gasteiger partial charge in [0, 0.05) is 37.1 Å². The fourth-order valence-corrected chi connectivity index (χ4v) is 3.24. The Labute approximate surface area is 103 Å². The van der Waals surface area contributed by atoms with E-state index in [1.165, 1.54) is 43.7 Å². The number of nitrogens with zero attached hydrogens (tertiary/aromatic N) is 2. The molecule has 2 fully saturated rings. The van der Waals surface area contributed by atoms with Gasteiger partial charge in [0.2, 0.25) is 0 Å². The van der Waals surface area contributed by atoms with Crippen LogP contribution in [-0.4, -0.2) is 37.1 Å². The molecule has 2 saturated heterocycles. The maximum Gasteiger partial charge on any atom is 0.0398 e. The summed E-state index contributed by atoms with van der Waals surface area (Å²) in [5.74, 6) is 0. The highest BCUT2D eigenvalue weighted by atomic mass is 15.3. The number of nitrogens with two attached hydrogens (primary N) is 1. The maximum absolute atomic E-state index is 5.82. The molecule has 17 heavy (non-hydrogen) atoms. The van der Waals surface area contributed by atoms with Crippen molar-refractivity contribution in [3.05, 3.63) is 23.8 Å². The fourth-order valence-electron chi connectivity index (χ4n) is 3.24. The van der Waals surface area contributed by atoms with E-state index in [-0.39, 0.29) is 0 Å². The molecular weight excluding hydrogens is 210 g/mol. The first-order valence-electron chi connectivity index (χ1n) is 6.59. The largest absolute Gasteiger partial charge is 0.399 e. The molecule has 1 unspecified atom stereocenters. The standard InChI is InChI=1S/C14H21N3/c1-11-9-12(15)4-5-14(11)17-8-7-16-6-2-3-13(16)10-17/h4-5,9,13H,2-3,6-8,10,15H2,1H3. The Morgan fingerprint density at radius 2 is 2.12 bits per heavy atom. The van der Waals surface area contributed by atoms with E-state index in [1.54, 1.807) is 0 Å².